The molecule has 0 saturated carbocycles. The van der Waals surface area contributed by atoms with E-state index in [1.54, 1.807) is 54.7 Å². The Balaban J connectivity index is 1.55. The standard InChI is InChI=1S/C75H105N21O20S2/c1-36(97)59(94-64(108)46(22-25-54(76)100)89-70(114)60(74(3,4)117)86-37(2)98)69(113)91-50(30-39-33-83-44-15-10-8-13-42(39)44)67(111)87-47(23-26-55(77)101)65(109)95-61(75(5,6)118)71(115)92-49(29-38-18-20-41(99)21-19-38)66(110)93-52(31-40-34-84-45-16-11-9-14-43(40)45)72(116)96(7)53(17-12-28-82-73(80)81)68(112)88-48(24-27-58(104)105)63(107)90-51(32-56(78)102)62(106)85-35-57(79)103/h8-11,13-16,18-21,33-34,36,46-53,59-61,83-84,97,99,117-118H,12,17,22-32,35H2,1-7H3,(H2,76,100)(H2,77,101)(H2,78,102)(H2,79,103)(H,85,106)(H,86,98)(H,87,111)(H,88,112)(H,89,114)(H,90,107)(H,91,113)(H,92,115)(H,93,110)(H,94,108)(H,95,109)(H,104,105)(H4,80,81,82)/t36-,46+,47+,48+,49+,50+,51+,52+,53+,59+,60-,61-/m1/s1. The molecule has 5 aromatic rings. The number of amides is 16. The van der Waals surface area contributed by atoms with Gasteiger partial charge in [-0.3, -0.25) is 86.9 Å². The maximum absolute atomic E-state index is 15.6. The number of aliphatic carboxylic acids is 1. The van der Waals surface area contributed by atoms with Gasteiger partial charge in [0.05, 0.1) is 19.1 Å². The van der Waals surface area contributed by atoms with Crippen molar-refractivity contribution in [1.29, 1.82) is 5.41 Å². The number of aliphatic hydroxyl groups is 1. The summed E-state index contributed by atoms with van der Waals surface area (Å²) in [5.41, 5.74) is 29.4. The number of guanidine groups is 1. The van der Waals surface area contributed by atoms with Crippen molar-refractivity contribution in [2.45, 2.75) is 201 Å². The van der Waals surface area contributed by atoms with Crippen molar-refractivity contribution >= 4 is 154 Å². The second-order valence-electron chi connectivity index (χ2n) is 29.3. The molecule has 0 saturated heterocycles. The Hall–Kier alpha value is -12.5. The van der Waals surface area contributed by atoms with E-state index in [4.69, 9.17) is 46.7 Å². The van der Waals surface area contributed by atoms with E-state index < -0.39 is 253 Å². The lowest BCUT2D eigenvalue weighted by Gasteiger charge is -2.34. The van der Waals surface area contributed by atoms with Gasteiger partial charge in [0.25, 0.3) is 0 Å². The Morgan fingerprint density at radius 3 is 1.38 bits per heavy atom. The number of aromatic nitrogens is 2. The normalized spacial score (nSPS) is 14.4. The highest BCUT2D eigenvalue weighted by Crippen LogP contribution is 2.25. The number of rotatable bonds is 48. The van der Waals surface area contributed by atoms with Crippen LogP contribution in [0.5, 0.6) is 5.75 Å². The molecule has 12 atom stereocenters. The number of primary amides is 4. The number of aromatic amines is 2. The summed E-state index contributed by atoms with van der Waals surface area (Å²) in [6.07, 6.45) is -4.65. The molecule has 0 aliphatic carbocycles. The molecule has 642 valence electrons. The van der Waals surface area contributed by atoms with Crippen LogP contribution in [0.2, 0.25) is 0 Å². The Bertz CT molecular complexity index is 4510. The number of aliphatic hydroxyl groups excluding tert-OH is 1. The summed E-state index contributed by atoms with van der Waals surface area (Å²) in [6, 6.07) is -0.166. The van der Waals surface area contributed by atoms with Crippen LogP contribution in [0.3, 0.4) is 0 Å². The molecule has 2 heterocycles. The molecule has 0 unspecified atom stereocenters. The topological polar surface area (TPSA) is 684 Å². The minimum absolute atomic E-state index is 0.0469. The lowest BCUT2D eigenvalue weighted by molar-refractivity contribution is -0.143. The summed E-state index contributed by atoms with van der Waals surface area (Å²) >= 11 is 9.12. The van der Waals surface area contributed by atoms with Crippen LogP contribution >= 0.6 is 25.3 Å². The number of nitrogens with zero attached hydrogens (tertiary/aromatic N) is 1. The quantitative estimate of drug-likeness (QED) is 0.00750. The molecule has 0 fully saturated rings. The second-order valence-corrected chi connectivity index (χ2v) is 31.6. The number of nitrogens with one attached hydrogen (secondary N) is 15. The number of thiol groups is 2. The van der Waals surface area contributed by atoms with Gasteiger partial charge >= 0.3 is 5.97 Å². The molecule has 0 aliphatic rings. The zero-order chi connectivity index (χ0) is 88.2. The third-order valence-corrected chi connectivity index (χ3v) is 19.1. The van der Waals surface area contributed by atoms with Crippen LogP contribution in [0.25, 0.3) is 21.8 Å². The molecular weight excluding hydrogens is 1580 g/mol. The number of carbonyl (C=O) groups excluding carboxylic acids is 16. The van der Waals surface area contributed by atoms with Gasteiger partial charge in [0.15, 0.2) is 5.96 Å². The third-order valence-electron chi connectivity index (χ3n) is 18.6. The van der Waals surface area contributed by atoms with E-state index in [9.17, 15) is 72.9 Å². The molecule has 3 aromatic carbocycles. The molecule has 41 nitrogen and oxygen atoms in total. The van der Waals surface area contributed by atoms with Crippen molar-refractivity contribution in [2.24, 2.45) is 28.7 Å². The van der Waals surface area contributed by atoms with E-state index in [0.29, 0.717) is 32.9 Å². The first kappa shape index (κ1) is 96.0. The number of benzene rings is 3. The number of phenols is 1. The van der Waals surface area contributed by atoms with Gasteiger partial charge in [-0.2, -0.15) is 25.3 Å². The van der Waals surface area contributed by atoms with Gasteiger partial charge < -0.3 is 123 Å². The fourth-order valence-corrected chi connectivity index (χ4v) is 12.8. The predicted molar refractivity (Wildman–Crippen MR) is 434 cm³/mol. The van der Waals surface area contributed by atoms with E-state index in [1.165, 1.54) is 65.2 Å². The summed E-state index contributed by atoms with van der Waals surface area (Å²) in [5.74, 6) is -19.1. The first-order valence-corrected chi connectivity index (χ1v) is 38.1. The number of hydrogen-bond donors (Lipinski definition) is 25. The molecule has 28 N–H and O–H groups in total. The second kappa shape index (κ2) is 44.5. The predicted octanol–water partition coefficient (Wildman–Crippen LogP) is -4.99. The first-order valence-electron chi connectivity index (χ1n) is 37.2. The highest BCUT2D eigenvalue weighted by molar-refractivity contribution is 7.82. The molecule has 118 heavy (non-hydrogen) atoms. The molecule has 5 rings (SSSR count). The van der Waals surface area contributed by atoms with E-state index in [1.807, 2.05) is 0 Å². The molecule has 16 amide bonds. The van der Waals surface area contributed by atoms with Crippen molar-refractivity contribution in [3.05, 3.63) is 102 Å². The monoisotopic (exact) mass is 1680 g/mol. The van der Waals surface area contributed by atoms with Crippen molar-refractivity contribution in [2.75, 3.05) is 20.1 Å². The number of fused-ring (bicyclic) bond motifs is 2. The summed E-state index contributed by atoms with van der Waals surface area (Å²) in [4.78, 5) is 240. The van der Waals surface area contributed by atoms with Crippen LogP contribution in [0.4, 0.5) is 0 Å². The summed E-state index contributed by atoms with van der Waals surface area (Å²) in [7, 11) is 1.17. The number of likely N-dealkylation sites (N-methyl/N-ethyl adjacent to an activating group) is 1. The third kappa shape index (κ3) is 30.6. The smallest absolute Gasteiger partial charge is 0.303 e. The van der Waals surface area contributed by atoms with Gasteiger partial charge in [-0.1, -0.05) is 48.5 Å². The van der Waals surface area contributed by atoms with Crippen molar-refractivity contribution in [3.8, 4) is 5.75 Å². The first-order chi connectivity index (χ1) is 55.2. The van der Waals surface area contributed by atoms with E-state index >= 15 is 24.0 Å². The highest BCUT2D eigenvalue weighted by atomic mass is 32.1. The average Bonchev–Trinajstić information content (AvgIpc) is 1.64. The van der Waals surface area contributed by atoms with E-state index in [0.717, 1.165) is 18.7 Å². The van der Waals surface area contributed by atoms with Crippen molar-refractivity contribution in [3.63, 3.8) is 0 Å². The summed E-state index contributed by atoms with van der Waals surface area (Å²) in [5, 5.41) is 69.7. The van der Waals surface area contributed by atoms with Gasteiger partial charge in [-0.25, -0.2) is 0 Å². The number of nitrogens with two attached hydrogens (primary N) is 5. The van der Waals surface area contributed by atoms with Crippen LogP contribution in [-0.2, 0) is 101 Å². The van der Waals surface area contributed by atoms with Gasteiger partial charge in [0.1, 0.15) is 72.2 Å². The molecule has 43 heteroatoms. The zero-order valence-electron chi connectivity index (χ0n) is 65.9. The van der Waals surface area contributed by atoms with Crippen LogP contribution in [-0.4, -0.2) is 239 Å². The van der Waals surface area contributed by atoms with Crippen LogP contribution in [0.1, 0.15) is 116 Å². The molecule has 0 aliphatic heterocycles. The Labute approximate surface area is 688 Å². The zero-order valence-corrected chi connectivity index (χ0v) is 67.7. The highest BCUT2D eigenvalue weighted by Gasteiger charge is 2.43. The number of carboxylic acids is 1. The number of aromatic hydroxyl groups is 1. The molecule has 0 bridgehead atoms. The van der Waals surface area contributed by atoms with Gasteiger partial charge in [0.2, 0.25) is 94.5 Å². The van der Waals surface area contributed by atoms with E-state index in [2.05, 4.69) is 86.4 Å². The number of carboxylic acid groups (broad SMARTS) is 1. The molecular formula is C75H105N21O20S2. The van der Waals surface area contributed by atoms with Crippen LogP contribution in [0, 0.1) is 5.41 Å². The van der Waals surface area contributed by atoms with Crippen molar-refractivity contribution < 1.29 is 96.8 Å². The molecule has 0 radical (unpaired) electrons. The maximum atomic E-state index is 15.6. The van der Waals surface area contributed by atoms with Crippen LogP contribution < -0.4 is 92.5 Å². The van der Waals surface area contributed by atoms with Crippen LogP contribution in [0.15, 0.2) is 85.2 Å². The number of phenolic OH excluding ortho intramolecular Hbond substituents is 1. The molecule has 0 spiro atoms. The summed E-state index contributed by atoms with van der Waals surface area (Å²) < 4.78 is -2.88. The SMILES string of the molecule is CC(=O)N[C@H](C(=O)N[C@@H](CCC(N)=O)C(=O)N[C@H](C(=O)N[C@@H](Cc1c[nH]c2ccccc12)C(=O)N[C@@H](CCC(N)=O)C(=O)N[C@H](C(=O)N[C@@H](Cc1ccc(O)cc1)C(=O)N[C@@H](Cc1c[nH]c2ccccc12)C(=O)N(C)[C@@H](CCCNC(=N)N)C(=O)N[C@@H](CCC(=O)O)C(=O)N[C@@H](CC(N)=O)C(=O)NCC(N)=O)C(C)(C)S)[C@@H](C)O)C(C)(C)S. The summed E-state index contributed by atoms with van der Waals surface area (Å²) in [6.45, 7) is 7.19. The Morgan fingerprint density at radius 2 is 0.907 bits per heavy atom. The number of hydrogen-bond acceptors (Lipinski definition) is 22. The Morgan fingerprint density at radius 1 is 0.483 bits per heavy atom. The van der Waals surface area contributed by atoms with Gasteiger partial charge in [-0.15, -0.1) is 0 Å². The fourth-order valence-electron chi connectivity index (χ4n) is 12.4. The fraction of sp³-hybridized carbons (Fsp3) is 0.467. The van der Waals surface area contributed by atoms with Gasteiger partial charge in [-0.05, 0) is 108 Å². The number of para-hydroxylation sites is 2. The number of carbonyl (C=O) groups is 17. The minimum Gasteiger partial charge on any atom is -0.508 e. The largest absolute Gasteiger partial charge is 0.508 e. The number of H-pyrrole nitrogens is 2. The Kier molecular flexibility index (Phi) is 36.2. The van der Waals surface area contributed by atoms with E-state index in [-0.39, 0.29) is 37.1 Å². The van der Waals surface area contributed by atoms with Crippen molar-refractivity contribution in [1.82, 2.24) is 78.7 Å². The van der Waals surface area contributed by atoms with Gasteiger partial charge in [0, 0.05) is 103 Å². The molecule has 2 aromatic heterocycles. The lowest BCUT2D eigenvalue weighted by Crippen LogP contribution is -2.64. The average molecular weight is 1680 g/mol. The lowest BCUT2D eigenvalue weighted by atomic mass is 9.98. The maximum Gasteiger partial charge on any atom is 0.303 e. The minimum atomic E-state index is -1.95.